The van der Waals surface area contributed by atoms with E-state index in [9.17, 15) is 4.21 Å². The molecule has 3 nitrogen and oxygen atoms in total. The van der Waals surface area contributed by atoms with Gasteiger partial charge in [0, 0.05) is 0 Å². The Morgan fingerprint density at radius 2 is 1.76 bits per heavy atom. The Hall–Kier alpha value is -0.870. The number of hydrogen-bond donors (Lipinski definition) is 0. The maximum atomic E-state index is 12.1. The fraction of sp³-hybridized carbons (Fsp3) is 0.647. The predicted octanol–water partition coefficient (Wildman–Crippen LogP) is 4.47. The third-order valence-corrected chi connectivity index (χ3v) is 4.31. The van der Waals surface area contributed by atoms with Gasteiger partial charge < -0.3 is 4.74 Å². The van der Waals surface area contributed by atoms with Crippen LogP contribution in [0, 0.1) is 5.41 Å². The van der Waals surface area contributed by atoms with Crippen LogP contribution in [0.15, 0.2) is 23.1 Å². The second-order valence-corrected chi connectivity index (χ2v) is 8.36. The Morgan fingerprint density at radius 3 is 2.24 bits per heavy atom. The lowest BCUT2D eigenvalue weighted by Crippen LogP contribution is -2.25. The molecule has 0 saturated heterocycles. The summed E-state index contributed by atoms with van der Waals surface area (Å²) in [5, 5.41) is 0. The van der Waals surface area contributed by atoms with Gasteiger partial charge in [-0.15, -0.1) is 0 Å². The summed E-state index contributed by atoms with van der Waals surface area (Å²) in [7, 11) is 1.44. The first-order valence-corrected chi connectivity index (χ1v) is 8.42. The van der Waals surface area contributed by atoms with Gasteiger partial charge in [0.2, 0.25) is 0 Å². The molecule has 0 aliphatic heterocycles. The minimum absolute atomic E-state index is 0.00428. The first kappa shape index (κ1) is 18.2. The molecule has 21 heavy (non-hydrogen) atoms. The van der Waals surface area contributed by atoms with Crippen LogP contribution in [0.2, 0.25) is 0 Å². The van der Waals surface area contributed by atoms with Gasteiger partial charge in [-0.3, -0.25) is 4.18 Å². The van der Waals surface area contributed by atoms with Crippen molar-refractivity contribution in [3.63, 3.8) is 0 Å². The number of ether oxygens (including phenoxy) is 1. The van der Waals surface area contributed by atoms with E-state index in [1.54, 1.807) is 0 Å². The smallest absolute Gasteiger partial charge is 0.192 e. The Balaban J connectivity index is 3.23. The summed E-state index contributed by atoms with van der Waals surface area (Å²) in [5.41, 5.74) is 1.37. The molecule has 0 heterocycles. The molecule has 0 aromatic heterocycles. The van der Waals surface area contributed by atoms with Crippen LogP contribution in [0.3, 0.4) is 0 Å². The highest BCUT2D eigenvalue weighted by Crippen LogP contribution is 2.38. The molecule has 0 saturated carbocycles. The summed E-state index contributed by atoms with van der Waals surface area (Å²) in [6.07, 6.45) is 1.03. The zero-order valence-corrected chi connectivity index (χ0v) is 15.1. The molecule has 0 spiro atoms. The number of benzene rings is 1. The summed E-state index contributed by atoms with van der Waals surface area (Å²) in [4.78, 5) is 0.610. The Kier molecular flexibility index (Phi) is 6.00. The van der Waals surface area contributed by atoms with E-state index in [-0.39, 0.29) is 10.8 Å². The Morgan fingerprint density at radius 1 is 1.14 bits per heavy atom. The molecular weight excluding hydrogens is 284 g/mol. The van der Waals surface area contributed by atoms with Gasteiger partial charge in [0.25, 0.3) is 0 Å². The van der Waals surface area contributed by atoms with Crippen molar-refractivity contribution < 1.29 is 13.1 Å². The predicted molar refractivity (Wildman–Crippen MR) is 88.1 cm³/mol. The third kappa shape index (κ3) is 5.11. The highest BCUT2D eigenvalue weighted by atomic mass is 32.2. The summed E-state index contributed by atoms with van der Waals surface area (Å²) in [6, 6.07) is 5.92. The topological polar surface area (TPSA) is 35.5 Å². The van der Waals surface area contributed by atoms with E-state index >= 15 is 0 Å². The first-order valence-electron chi connectivity index (χ1n) is 7.34. The molecule has 4 heteroatoms. The maximum Gasteiger partial charge on any atom is 0.192 e. The second-order valence-electron chi connectivity index (χ2n) is 7.12. The Labute approximate surface area is 131 Å². The van der Waals surface area contributed by atoms with Crippen molar-refractivity contribution >= 4 is 11.1 Å². The van der Waals surface area contributed by atoms with Gasteiger partial charge in [0.15, 0.2) is 11.1 Å². The van der Waals surface area contributed by atoms with Gasteiger partial charge in [0.1, 0.15) is 10.6 Å². The minimum Gasteiger partial charge on any atom is -0.493 e. The van der Waals surface area contributed by atoms with Crippen LogP contribution in [-0.2, 0) is 20.7 Å². The van der Waals surface area contributed by atoms with E-state index in [1.165, 1.54) is 7.11 Å². The zero-order chi connectivity index (χ0) is 16.3. The first-order chi connectivity index (χ1) is 9.60. The van der Waals surface area contributed by atoms with Crippen LogP contribution >= 0.6 is 0 Å². The van der Waals surface area contributed by atoms with Crippen molar-refractivity contribution in [1.82, 2.24) is 0 Å². The normalized spacial score (nSPS) is 14.0. The average molecular weight is 312 g/mol. The lowest BCUT2D eigenvalue weighted by Gasteiger charge is -2.33. The quantitative estimate of drug-likeness (QED) is 0.777. The fourth-order valence-electron chi connectivity index (χ4n) is 2.85. The molecule has 0 aliphatic rings. The van der Waals surface area contributed by atoms with Gasteiger partial charge in [0.05, 0.1) is 13.7 Å². The van der Waals surface area contributed by atoms with Crippen LogP contribution < -0.4 is 4.74 Å². The highest BCUT2D eigenvalue weighted by Gasteiger charge is 2.28. The standard InChI is InChI=1S/C17H28O3S/c1-8-20-14-10-9-13(11-15(14)21(18)19-7)17(5,6)12-16(2,3)4/h9-11H,8,12H2,1-7H3. The van der Waals surface area contributed by atoms with Gasteiger partial charge in [-0.2, -0.15) is 0 Å². The van der Waals surface area contributed by atoms with Gasteiger partial charge >= 0.3 is 0 Å². The highest BCUT2D eigenvalue weighted by molar-refractivity contribution is 7.80. The van der Waals surface area contributed by atoms with Crippen molar-refractivity contribution in [2.24, 2.45) is 5.41 Å². The van der Waals surface area contributed by atoms with Crippen LogP contribution in [0.1, 0.15) is 53.5 Å². The molecule has 0 N–H and O–H groups in total. The SMILES string of the molecule is CCOc1ccc(C(C)(C)CC(C)(C)C)cc1S(=O)OC. The van der Waals surface area contributed by atoms with Crippen molar-refractivity contribution in [2.45, 2.75) is 58.3 Å². The van der Waals surface area contributed by atoms with E-state index < -0.39 is 11.1 Å². The van der Waals surface area contributed by atoms with E-state index in [0.29, 0.717) is 17.3 Å². The summed E-state index contributed by atoms with van der Waals surface area (Å²) < 4.78 is 22.6. The van der Waals surface area contributed by atoms with Gasteiger partial charge in [-0.25, -0.2) is 4.21 Å². The number of rotatable bonds is 6. The second kappa shape index (κ2) is 6.93. The van der Waals surface area contributed by atoms with Gasteiger partial charge in [-0.1, -0.05) is 40.7 Å². The van der Waals surface area contributed by atoms with Crippen molar-refractivity contribution in [3.05, 3.63) is 23.8 Å². The van der Waals surface area contributed by atoms with Crippen molar-refractivity contribution in [1.29, 1.82) is 0 Å². The molecule has 1 atom stereocenters. The third-order valence-electron chi connectivity index (χ3n) is 3.33. The Bertz CT molecular complexity index is 501. The lowest BCUT2D eigenvalue weighted by atomic mass is 9.72. The number of hydrogen-bond acceptors (Lipinski definition) is 3. The molecule has 1 rings (SSSR count). The molecule has 0 amide bonds. The van der Waals surface area contributed by atoms with Crippen molar-refractivity contribution in [2.75, 3.05) is 13.7 Å². The van der Waals surface area contributed by atoms with Crippen LogP contribution in [0.4, 0.5) is 0 Å². The monoisotopic (exact) mass is 312 g/mol. The van der Waals surface area contributed by atoms with Crippen LogP contribution in [0.5, 0.6) is 5.75 Å². The molecule has 0 radical (unpaired) electrons. The lowest BCUT2D eigenvalue weighted by molar-refractivity contribution is 0.283. The molecule has 1 unspecified atom stereocenters. The summed E-state index contributed by atoms with van der Waals surface area (Å²) in [5.74, 6) is 0.632. The van der Waals surface area contributed by atoms with E-state index in [1.807, 2.05) is 19.1 Å². The molecule has 0 aliphatic carbocycles. The molecule has 120 valence electrons. The largest absolute Gasteiger partial charge is 0.493 e. The van der Waals surface area contributed by atoms with E-state index in [2.05, 4.69) is 40.7 Å². The van der Waals surface area contributed by atoms with Crippen molar-refractivity contribution in [3.8, 4) is 5.75 Å². The summed E-state index contributed by atoms with van der Waals surface area (Å²) in [6.45, 7) is 13.6. The van der Waals surface area contributed by atoms with Gasteiger partial charge in [-0.05, 0) is 41.9 Å². The fourth-order valence-corrected chi connectivity index (χ4v) is 3.55. The van der Waals surface area contributed by atoms with E-state index in [4.69, 9.17) is 8.92 Å². The average Bonchev–Trinajstić information content (AvgIpc) is 2.35. The minimum atomic E-state index is -1.50. The zero-order valence-electron chi connectivity index (χ0n) is 14.3. The summed E-state index contributed by atoms with van der Waals surface area (Å²) >= 11 is -1.50. The maximum absolute atomic E-state index is 12.1. The molecule has 1 aromatic rings. The van der Waals surface area contributed by atoms with Crippen LogP contribution in [-0.4, -0.2) is 17.9 Å². The molecule has 1 aromatic carbocycles. The molecular formula is C17H28O3S. The van der Waals surface area contributed by atoms with E-state index in [0.717, 1.165) is 12.0 Å². The molecule has 0 bridgehead atoms. The molecule has 0 fully saturated rings. The van der Waals surface area contributed by atoms with Crippen LogP contribution in [0.25, 0.3) is 0 Å².